The maximum Gasteiger partial charge on any atom is 0.330 e. The van der Waals surface area contributed by atoms with E-state index in [1.165, 1.54) is 0 Å². The first-order valence-corrected chi connectivity index (χ1v) is 5.91. The van der Waals surface area contributed by atoms with Gasteiger partial charge in [-0.2, -0.15) is 8.78 Å². The van der Waals surface area contributed by atoms with E-state index in [4.69, 9.17) is 0 Å². The number of alkyl halides is 4. The Morgan fingerprint density at radius 3 is 2.39 bits per heavy atom. The number of hydrogen-bond donors (Lipinski definition) is 1. The summed E-state index contributed by atoms with van der Waals surface area (Å²) in [6.07, 6.45) is -0.973. The summed E-state index contributed by atoms with van der Waals surface area (Å²) >= 11 is 0. The molecule has 0 aliphatic heterocycles. The van der Waals surface area contributed by atoms with Gasteiger partial charge in [0.25, 0.3) is 0 Å². The average molecular weight is 271 g/mol. The number of ether oxygens (including phenoxy) is 1. The van der Waals surface area contributed by atoms with Gasteiger partial charge >= 0.3 is 12.3 Å². The summed E-state index contributed by atoms with van der Waals surface area (Å²) in [6, 6.07) is -0.233. The van der Waals surface area contributed by atoms with Crippen molar-refractivity contribution in [2.75, 3.05) is 19.8 Å². The van der Waals surface area contributed by atoms with E-state index >= 15 is 0 Å². The normalized spacial score (nSPS) is 13.8. The van der Waals surface area contributed by atoms with Crippen molar-refractivity contribution in [3.63, 3.8) is 0 Å². The lowest BCUT2D eigenvalue weighted by atomic mass is 10.2. The van der Waals surface area contributed by atoms with E-state index < -0.39 is 19.0 Å². The Morgan fingerprint density at radius 1 is 1.33 bits per heavy atom. The van der Waals surface area contributed by atoms with Crippen molar-refractivity contribution in [1.29, 1.82) is 0 Å². The SMILES string of the molecule is CCCNC(C=C(C)C)COCC(F)(F)C(F)F. The first-order chi connectivity index (χ1) is 8.29. The third kappa shape index (κ3) is 7.66. The minimum absolute atomic E-state index is 0.0481. The standard InChI is InChI=1S/C12H21F4NO/c1-4-5-17-10(6-9(2)3)7-18-8-12(15,16)11(13)14/h6,10-11,17H,4-5,7-8H2,1-3H3. The van der Waals surface area contributed by atoms with E-state index in [1.807, 2.05) is 26.8 Å². The molecule has 0 aliphatic rings. The largest absolute Gasteiger partial charge is 0.373 e. The Kier molecular flexibility index (Phi) is 8.18. The van der Waals surface area contributed by atoms with Crippen LogP contribution >= 0.6 is 0 Å². The number of hydrogen-bond acceptors (Lipinski definition) is 2. The molecule has 0 heterocycles. The van der Waals surface area contributed by atoms with Gasteiger partial charge in [0, 0.05) is 6.04 Å². The van der Waals surface area contributed by atoms with Crippen molar-refractivity contribution in [2.24, 2.45) is 0 Å². The molecular formula is C12H21F4NO. The van der Waals surface area contributed by atoms with E-state index in [0.717, 1.165) is 12.0 Å². The Bertz CT molecular complexity index is 252. The molecule has 0 spiro atoms. The van der Waals surface area contributed by atoms with Gasteiger partial charge in [0.15, 0.2) is 0 Å². The van der Waals surface area contributed by atoms with Crippen molar-refractivity contribution in [3.05, 3.63) is 11.6 Å². The van der Waals surface area contributed by atoms with Crippen LogP contribution in [0.3, 0.4) is 0 Å². The molecule has 1 atom stereocenters. The Labute approximate surface area is 105 Å². The molecule has 0 amide bonds. The van der Waals surface area contributed by atoms with Crippen LogP contribution in [-0.4, -0.2) is 38.1 Å². The lowest BCUT2D eigenvalue weighted by molar-refractivity contribution is -0.166. The highest BCUT2D eigenvalue weighted by atomic mass is 19.3. The molecule has 0 saturated heterocycles. The van der Waals surface area contributed by atoms with Crippen LogP contribution in [0.25, 0.3) is 0 Å². The fourth-order valence-electron chi connectivity index (χ4n) is 1.28. The van der Waals surface area contributed by atoms with Crippen LogP contribution in [0.4, 0.5) is 17.6 Å². The Balaban J connectivity index is 4.15. The number of allylic oxidation sites excluding steroid dienone is 1. The molecule has 0 rings (SSSR count). The van der Waals surface area contributed by atoms with E-state index in [-0.39, 0.29) is 12.6 Å². The highest BCUT2D eigenvalue weighted by Crippen LogP contribution is 2.22. The lowest BCUT2D eigenvalue weighted by Gasteiger charge is -2.19. The first kappa shape index (κ1) is 17.4. The first-order valence-electron chi connectivity index (χ1n) is 5.91. The maximum absolute atomic E-state index is 12.6. The summed E-state index contributed by atoms with van der Waals surface area (Å²) in [7, 11) is 0. The van der Waals surface area contributed by atoms with Crippen molar-refractivity contribution in [3.8, 4) is 0 Å². The monoisotopic (exact) mass is 271 g/mol. The second kappa shape index (κ2) is 8.48. The van der Waals surface area contributed by atoms with Gasteiger partial charge in [-0.15, -0.1) is 0 Å². The van der Waals surface area contributed by atoms with Crippen LogP contribution in [0.15, 0.2) is 11.6 Å². The molecule has 1 unspecified atom stereocenters. The maximum atomic E-state index is 12.6. The van der Waals surface area contributed by atoms with Crippen LogP contribution in [0.2, 0.25) is 0 Å². The topological polar surface area (TPSA) is 21.3 Å². The van der Waals surface area contributed by atoms with Gasteiger partial charge in [0.2, 0.25) is 0 Å². The molecule has 18 heavy (non-hydrogen) atoms. The summed E-state index contributed by atoms with van der Waals surface area (Å²) in [5.74, 6) is -4.08. The average Bonchev–Trinajstić information content (AvgIpc) is 2.24. The summed E-state index contributed by atoms with van der Waals surface area (Å²) in [4.78, 5) is 0. The highest BCUT2D eigenvalue weighted by Gasteiger charge is 2.41. The molecule has 0 aromatic rings. The van der Waals surface area contributed by atoms with E-state index in [0.29, 0.717) is 6.54 Å². The zero-order valence-corrected chi connectivity index (χ0v) is 11.0. The van der Waals surface area contributed by atoms with Gasteiger partial charge in [-0.05, 0) is 26.8 Å². The smallest absolute Gasteiger partial charge is 0.330 e. The zero-order chi connectivity index (χ0) is 14.2. The minimum Gasteiger partial charge on any atom is -0.373 e. The van der Waals surface area contributed by atoms with Gasteiger partial charge in [0.1, 0.15) is 6.61 Å². The van der Waals surface area contributed by atoms with Gasteiger partial charge < -0.3 is 10.1 Å². The molecule has 1 N–H and O–H groups in total. The number of halogens is 4. The highest BCUT2D eigenvalue weighted by molar-refractivity contribution is 5.01. The second-order valence-corrected chi connectivity index (χ2v) is 4.38. The molecule has 0 saturated carbocycles. The molecular weight excluding hydrogens is 250 g/mol. The van der Waals surface area contributed by atoms with E-state index in [2.05, 4.69) is 10.1 Å². The molecule has 0 aromatic carbocycles. The molecule has 2 nitrogen and oxygen atoms in total. The number of nitrogens with one attached hydrogen (secondary N) is 1. The summed E-state index contributed by atoms with van der Waals surface area (Å²) in [5, 5.41) is 3.08. The minimum atomic E-state index is -4.08. The fourth-order valence-corrected chi connectivity index (χ4v) is 1.28. The Hall–Kier alpha value is -0.620. The van der Waals surface area contributed by atoms with Gasteiger partial charge in [0.05, 0.1) is 6.61 Å². The lowest BCUT2D eigenvalue weighted by Crippen LogP contribution is -2.37. The fraction of sp³-hybridized carbons (Fsp3) is 0.833. The molecule has 6 heteroatoms. The third-order valence-electron chi connectivity index (χ3n) is 2.10. The van der Waals surface area contributed by atoms with Gasteiger partial charge in [-0.25, -0.2) is 8.78 Å². The van der Waals surface area contributed by atoms with Crippen molar-refractivity contribution >= 4 is 0 Å². The van der Waals surface area contributed by atoms with Crippen LogP contribution in [-0.2, 0) is 4.74 Å². The van der Waals surface area contributed by atoms with Crippen molar-refractivity contribution in [1.82, 2.24) is 5.32 Å². The van der Waals surface area contributed by atoms with Crippen molar-refractivity contribution < 1.29 is 22.3 Å². The van der Waals surface area contributed by atoms with Crippen LogP contribution in [0.5, 0.6) is 0 Å². The predicted octanol–water partition coefficient (Wildman–Crippen LogP) is 3.24. The summed E-state index contributed by atoms with van der Waals surface area (Å²) in [6.45, 7) is 5.11. The Morgan fingerprint density at radius 2 is 1.94 bits per heavy atom. The molecule has 0 aliphatic carbocycles. The summed E-state index contributed by atoms with van der Waals surface area (Å²) in [5.41, 5.74) is 1.01. The molecule has 0 fully saturated rings. The predicted molar refractivity (Wildman–Crippen MR) is 63.3 cm³/mol. The van der Waals surface area contributed by atoms with Crippen LogP contribution in [0.1, 0.15) is 27.2 Å². The number of rotatable bonds is 9. The molecule has 0 radical (unpaired) electrons. The molecule has 0 aromatic heterocycles. The second-order valence-electron chi connectivity index (χ2n) is 4.38. The van der Waals surface area contributed by atoms with Gasteiger partial charge in [-0.1, -0.05) is 18.6 Å². The van der Waals surface area contributed by atoms with E-state index in [9.17, 15) is 17.6 Å². The molecule has 108 valence electrons. The molecule has 0 bridgehead atoms. The van der Waals surface area contributed by atoms with Crippen molar-refractivity contribution in [2.45, 2.75) is 45.6 Å². The quantitative estimate of drug-likeness (QED) is 0.513. The van der Waals surface area contributed by atoms with E-state index in [1.54, 1.807) is 0 Å². The van der Waals surface area contributed by atoms with Crippen LogP contribution < -0.4 is 5.32 Å². The third-order valence-corrected chi connectivity index (χ3v) is 2.10. The summed E-state index contributed by atoms with van der Waals surface area (Å²) < 4.78 is 53.7. The zero-order valence-electron chi connectivity index (χ0n) is 11.0. The van der Waals surface area contributed by atoms with Gasteiger partial charge in [-0.3, -0.25) is 0 Å². The van der Waals surface area contributed by atoms with Crippen LogP contribution in [0, 0.1) is 0 Å².